The van der Waals surface area contributed by atoms with Gasteiger partial charge in [-0.1, -0.05) is 12.1 Å². The van der Waals surface area contributed by atoms with Crippen LogP contribution in [0.3, 0.4) is 0 Å². The Balaban J connectivity index is 1.73. The molecule has 0 radical (unpaired) electrons. The molecule has 0 bridgehead atoms. The van der Waals surface area contributed by atoms with Crippen LogP contribution in [0.25, 0.3) is 0 Å². The fourth-order valence-corrected chi connectivity index (χ4v) is 2.72. The Bertz CT molecular complexity index is 260. The fourth-order valence-electron chi connectivity index (χ4n) is 2.72. The van der Waals surface area contributed by atoms with Gasteiger partial charge in [0.05, 0.1) is 0 Å². The second-order valence-corrected chi connectivity index (χ2v) is 5.65. The van der Waals surface area contributed by atoms with Crippen LogP contribution in [0.4, 0.5) is 0 Å². The molecule has 1 atom stereocenters. The molecule has 2 fully saturated rings. The van der Waals surface area contributed by atoms with E-state index in [0.29, 0.717) is 18.3 Å². The molecule has 0 amide bonds. The summed E-state index contributed by atoms with van der Waals surface area (Å²) in [5.74, 6) is 3.18. The molecule has 0 aromatic heterocycles. The van der Waals surface area contributed by atoms with Crippen LogP contribution < -0.4 is 11.1 Å². The first-order chi connectivity index (χ1) is 8.24. The van der Waals surface area contributed by atoms with Gasteiger partial charge in [-0.05, 0) is 56.4 Å². The van der Waals surface area contributed by atoms with Crippen LogP contribution in [0.1, 0.15) is 45.4 Å². The smallest absolute Gasteiger partial charge is 0.140 e. The zero-order valence-corrected chi connectivity index (χ0v) is 10.7. The third-order valence-electron chi connectivity index (χ3n) is 4.17. The first kappa shape index (κ1) is 12.7. The molecular formula is C13H25N3O. The van der Waals surface area contributed by atoms with E-state index in [0.717, 1.165) is 30.7 Å². The van der Waals surface area contributed by atoms with Crippen LogP contribution >= 0.6 is 0 Å². The van der Waals surface area contributed by atoms with Gasteiger partial charge in [-0.2, -0.15) is 0 Å². The summed E-state index contributed by atoms with van der Waals surface area (Å²) in [7, 11) is 0. The lowest BCUT2D eigenvalue weighted by Gasteiger charge is -2.21. The number of hydrogen-bond acceptors (Lipinski definition) is 3. The van der Waals surface area contributed by atoms with Crippen LogP contribution in [0, 0.1) is 17.8 Å². The van der Waals surface area contributed by atoms with Gasteiger partial charge in [0.2, 0.25) is 0 Å². The molecule has 0 aromatic rings. The van der Waals surface area contributed by atoms with Crippen molar-refractivity contribution in [2.24, 2.45) is 28.6 Å². The number of nitrogens with one attached hydrogen (secondary N) is 1. The molecule has 0 aromatic carbocycles. The van der Waals surface area contributed by atoms with E-state index in [-0.39, 0.29) is 0 Å². The van der Waals surface area contributed by atoms with Gasteiger partial charge in [0.25, 0.3) is 0 Å². The predicted octanol–water partition coefficient (Wildman–Crippen LogP) is 1.93. The average molecular weight is 239 g/mol. The Morgan fingerprint density at radius 1 is 1.35 bits per heavy atom. The van der Waals surface area contributed by atoms with Crippen molar-refractivity contribution in [3.63, 3.8) is 0 Å². The van der Waals surface area contributed by atoms with E-state index in [1.54, 1.807) is 0 Å². The summed E-state index contributed by atoms with van der Waals surface area (Å²) in [4.78, 5) is 0. The van der Waals surface area contributed by atoms with Crippen molar-refractivity contribution in [3.05, 3.63) is 0 Å². The van der Waals surface area contributed by atoms with Gasteiger partial charge in [0.15, 0.2) is 0 Å². The molecule has 4 nitrogen and oxygen atoms in total. The Morgan fingerprint density at radius 3 is 2.35 bits per heavy atom. The first-order valence-electron chi connectivity index (χ1n) is 6.94. The lowest BCUT2D eigenvalue weighted by Crippen LogP contribution is -2.37. The monoisotopic (exact) mass is 239 g/mol. The second-order valence-electron chi connectivity index (χ2n) is 5.65. The summed E-state index contributed by atoms with van der Waals surface area (Å²) in [6, 6.07) is 0.353. The maximum absolute atomic E-state index is 8.59. The minimum atomic E-state index is 0.332. The molecule has 2 aliphatic rings. The van der Waals surface area contributed by atoms with Crippen molar-refractivity contribution >= 4 is 5.84 Å². The van der Waals surface area contributed by atoms with Gasteiger partial charge in [-0.25, -0.2) is 0 Å². The summed E-state index contributed by atoms with van der Waals surface area (Å²) in [6.45, 7) is 3.26. The molecule has 1 unspecified atom stereocenters. The minimum Gasteiger partial charge on any atom is -0.409 e. The van der Waals surface area contributed by atoms with E-state index in [4.69, 9.17) is 10.9 Å². The minimum absolute atomic E-state index is 0.332. The number of rotatable bonds is 8. The van der Waals surface area contributed by atoms with Crippen LogP contribution in [-0.2, 0) is 0 Å². The van der Waals surface area contributed by atoms with Crippen LogP contribution in [0.15, 0.2) is 5.16 Å². The lowest BCUT2D eigenvalue weighted by atomic mass is 9.97. The number of oxime groups is 1. The molecule has 4 N–H and O–H groups in total. The topological polar surface area (TPSA) is 70.6 Å². The van der Waals surface area contributed by atoms with Crippen molar-refractivity contribution < 1.29 is 5.21 Å². The zero-order chi connectivity index (χ0) is 12.3. The molecule has 0 saturated heterocycles. The van der Waals surface area contributed by atoms with Gasteiger partial charge in [-0.15, -0.1) is 0 Å². The standard InChI is InChI=1S/C13H25N3O/c1-2-11(7-13(14)16-17)15-8-12(9-3-4-9)10-5-6-10/h9-12,15,17H,2-8H2,1H3,(H2,14,16). The zero-order valence-electron chi connectivity index (χ0n) is 10.7. The number of nitrogens with two attached hydrogens (primary N) is 1. The highest BCUT2D eigenvalue weighted by atomic mass is 16.4. The third-order valence-corrected chi connectivity index (χ3v) is 4.17. The highest BCUT2D eigenvalue weighted by Crippen LogP contribution is 2.48. The quantitative estimate of drug-likeness (QED) is 0.262. The van der Waals surface area contributed by atoms with Crippen molar-refractivity contribution in [3.8, 4) is 0 Å². The van der Waals surface area contributed by atoms with Gasteiger partial charge in [0, 0.05) is 12.5 Å². The normalized spacial score (nSPS) is 23.1. The van der Waals surface area contributed by atoms with E-state index in [2.05, 4.69) is 17.4 Å². The largest absolute Gasteiger partial charge is 0.409 e. The number of hydrogen-bond donors (Lipinski definition) is 3. The van der Waals surface area contributed by atoms with E-state index >= 15 is 0 Å². The average Bonchev–Trinajstić information content (AvgIpc) is 3.18. The SMILES string of the molecule is CCC(CC(N)=NO)NCC(C1CC1)C1CC1. The highest BCUT2D eigenvalue weighted by Gasteiger charge is 2.41. The van der Waals surface area contributed by atoms with Gasteiger partial charge in [0.1, 0.15) is 5.84 Å². The molecule has 2 aliphatic carbocycles. The molecule has 0 spiro atoms. The van der Waals surface area contributed by atoms with Crippen molar-refractivity contribution in [2.45, 2.75) is 51.5 Å². The summed E-state index contributed by atoms with van der Waals surface area (Å²) < 4.78 is 0. The third kappa shape index (κ3) is 3.87. The molecule has 17 heavy (non-hydrogen) atoms. The predicted molar refractivity (Wildman–Crippen MR) is 69.0 cm³/mol. The number of nitrogens with zero attached hydrogens (tertiary/aromatic N) is 1. The van der Waals surface area contributed by atoms with Crippen LogP contribution in [-0.4, -0.2) is 23.6 Å². The van der Waals surface area contributed by atoms with Gasteiger partial charge in [-0.3, -0.25) is 0 Å². The molecular weight excluding hydrogens is 214 g/mol. The molecule has 2 saturated carbocycles. The summed E-state index contributed by atoms with van der Waals surface area (Å²) >= 11 is 0. The van der Waals surface area contributed by atoms with Gasteiger partial charge >= 0.3 is 0 Å². The van der Waals surface area contributed by atoms with Crippen molar-refractivity contribution in [1.29, 1.82) is 0 Å². The molecule has 0 aliphatic heterocycles. The summed E-state index contributed by atoms with van der Waals surface area (Å²) in [5.41, 5.74) is 5.56. The van der Waals surface area contributed by atoms with Crippen molar-refractivity contribution in [1.82, 2.24) is 5.32 Å². The molecule has 0 heterocycles. The maximum atomic E-state index is 8.59. The highest BCUT2D eigenvalue weighted by molar-refractivity contribution is 5.80. The van der Waals surface area contributed by atoms with Crippen molar-refractivity contribution in [2.75, 3.05) is 6.54 Å². The molecule has 2 rings (SSSR count). The molecule has 4 heteroatoms. The maximum Gasteiger partial charge on any atom is 0.140 e. The Labute approximate surface area is 104 Å². The van der Waals surface area contributed by atoms with E-state index < -0.39 is 0 Å². The Morgan fingerprint density at radius 2 is 1.94 bits per heavy atom. The first-order valence-corrected chi connectivity index (χ1v) is 6.94. The molecule has 98 valence electrons. The van der Waals surface area contributed by atoms with Crippen LogP contribution in [0.2, 0.25) is 0 Å². The summed E-state index contributed by atoms with van der Waals surface area (Å²) in [6.07, 6.45) is 7.40. The lowest BCUT2D eigenvalue weighted by molar-refractivity contribution is 0.313. The van der Waals surface area contributed by atoms with Crippen LogP contribution in [0.5, 0.6) is 0 Å². The number of amidine groups is 1. The Kier molecular flexibility index (Phi) is 4.26. The summed E-state index contributed by atoms with van der Waals surface area (Å²) in [5, 5.41) is 15.2. The van der Waals surface area contributed by atoms with E-state index in [1.807, 2.05) is 0 Å². The van der Waals surface area contributed by atoms with E-state index in [9.17, 15) is 0 Å². The fraction of sp³-hybridized carbons (Fsp3) is 0.923. The second kappa shape index (κ2) is 5.71. The Hall–Kier alpha value is -0.770. The van der Waals surface area contributed by atoms with E-state index in [1.165, 1.54) is 25.7 Å². The van der Waals surface area contributed by atoms with Gasteiger partial charge < -0.3 is 16.3 Å².